The first-order valence-corrected chi connectivity index (χ1v) is 9.26. The monoisotopic (exact) mass is 314 g/mol. The van der Waals surface area contributed by atoms with Crippen molar-refractivity contribution in [3.05, 3.63) is 35.9 Å². The summed E-state index contributed by atoms with van der Waals surface area (Å²) in [5.41, 5.74) is 2.63. The summed E-state index contributed by atoms with van der Waals surface area (Å²) in [7, 11) is 4.55. The van der Waals surface area contributed by atoms with E-state index in [0.717, 1.165) is 0 Å². The van der Waals surface area contributed by atoms with E-state index in [4.69, 9.17) is 0 Å². The highest BCUT2D eigenvalue weighted by Gasteiger charge is 2.51. The van der Waals surface area contributed by atoms with Gasteiger partial charge in [0.15, 0.2) is 0 Å². The first-order chi connectivity index (χ1) is 10.8. The summed E-state index contributed by atoms with van der Waals surface area (Å²) < 4.78 is 0. The Morgan fingerprint density at radius 1 is 0.913 bits per heavy atom. The number of benzene rings is 1. The molecule has 0 bridgehead atoms. The number of rotatable bonds is 2. The van der Waals surface area contributed by atoms with Gasteiger partial charge in [-0.3, -0.25) is 9.80 Å². The van der Waals surface area contributed by atoms with Crippen LogP contribution in [0.25, 0.3) is 0 Å². The molecule has 1 saturated heterocycles. The van der Waals surface area contributed by atoms with Crippen LogP contribution in [0.4, 0.5) is 0 Å². The fraction of sp³-hybridized carbons (Fsp3) is 0.714. The molecule has 1 saturated carbocycles. The Hall–Kier alpha value is -0.860. The molecule has 1 aliphatic heterocycles. The van der Waals surface area contributed by atoms with Gasteiger partial charge in [0.25, 0.3) is 0 Å². The van der Waals surface area contributed by atoms with Crippen LogP contribution in [-0.2, 0) is 5.54 Å². The van der Waals surface area contributed by atoms with Crippen LogP contribution in [0, 0.1) is 5.41 Å². The summed E-state index contributed by atoms with van der Waals surface area (Å²) in [6.45, 7) is 9.60. The molecule has 1 heterocycles. The fourth-order valence-corrected chi connectivity index (χ4v) is 4.98. The molecule has 0 N–H and O–H groups in total. The summed E-state index contributed by atoms with van der Waals surface area (Å²) in [4.78, 5) is 5.17. The highest BCUT2D eigenvalue weighted by molar-refractivity contribution is 5.27. The van der Waals surface area contributed by atoms with E-state index >= 15 is 0 Å². The molecule has 0 amide bonds. The van der Waals surface area contributed by atoms with E-state index in [-0.39, 0.29) is 5.54 Å². The van der Waals surface area contributed by atoms with Crippen LogP contribution >= 0.6 is 0 Å². The summed E-state index contributed by atoms with van der Waals surface area (Å²) in [6, 6.07) is 11.2. The van der Waals surface area contributed by atoms with Crippen molar-refractivity contribution in [2.24, 2.45) is 5.41 Å². The van der Waals surface area contributed by atoms with Crippen molar-refractivity contribution in [1.82, 2.24) is 9.80 Å². The minimum atomic E-state index is 0.241. The first kappa shape index (κ1) is 17.0. The zero-order valence-corrected chi connectivity index (χ0v) is 15.7. The predicted molar refractivity (Wildman–Crippen MR) is 98.7 cm³/mol. The molecule has 1 unspecified atom stereocenters. The summed E-state index contributed by atoms with van der Waals surface area (Å²) >= 11 is 0. The van der Waals surface area contributed by atoms with Crippen molar-refractivity contribution in [2.75, 3.05) is 27.2 Å². The van der Waals surface area contributed by atoms with E-state index in [1.165, 1.54) is 50.8 Å². The van der Waals surface area contributed by atoms with Crippen LogP contribution in [0.3, 0.4) is 0 Å². The normalized spacial score (nSPS) is 28.6. The third-order valence-electron chi connectivity index (χ3n) is 6.68. The molecule has 2 nitrogen and oxygen atoms in total. The van der Waals surface area contributed by atoms with Gasteiger partial charge in [0.05, 0.1) is 0 Å². The van der Waals surface area contributed by atoms with Crippen LogP contribution in [-0.4, -0.2) is 42.5 Å². The highest BCUT2D eigenvalue weighted by Crippen LogP contribution is 2.56. The maximum absolute atomic E-state index is 2.68. The van der Waals surface area contributed by atoms with Gasteiger partial charge in [0, 0.05) is 11.1 Å². The third-order valence-corrected chi connectivity index (χ3v) is 6.68. The van der Waals surface area contributed by atoms with E-state index in [1.54, 1.807) is 0 Å². The molecular weight excluding hydrogens is 280 g/mol. The molecule has 0 aromatic heterocycles. The predicted octanol–water partition coefficient (Wildman–Crippen LogP) is 4.51. The second kappa shape index (κ2) is 5.89. The van der Waals surface area contributed by atoms with Crippen molar-refractivity contribution >= 4 is 0 Å². The van der Waals surface area contributed by atoms with E-state index in [1.807, 2.05) is 0 Å². The van der Waals surface area contributed by atoms with Crippen molar-refractivity contribution in [3.63, 3.8) is 0 Å². The van der Waals surface area contributed by atoms with Crippen molar-refractivity contribution in [2.45, 2.75) is 64.0 Å². The molecule has 1 spiro atoms. The van der Waals surface area contributed by atoms with Crippen LogP contribution in [0.2, 0.25) is 0 Å². The van der Waals surface area contributed by atoms with Crippen molar-refractivity contribution in [1.29, 1.82) is 0 Å². The largest absolute Gasteiger partial charge is 0.300 e. The first-order valence-electron chi connectivity index (χ1n) is 9.26. The van der Waals surface area contributed by atoms with E-state index < -0.39 is 0 Å². The average Bonchev–Trinajstić information content (AvgIpc) is 2.88. The molecule has 1 aliphatic carbocycles. The van der Waals surface area contributed by atoms with Gasteiger partial charge in [0.2, 0.25) is 0 Å². The lowest BCUT2D eigenvalue weighted by atomic mass is 9.73. The van der Waals surface area contributed by atoms with Crippen molar-refractivity contribution < 1.29 is 0 Å². The van der Waals surface area contributed by atoms with Gasteiger partial charge in [0.1, 0.15) is 0 Å². The average molecular weight is 315 g/mol. The lowest BCUT2D eigenvalue weighted by molar-refractivity contribution is 0.0334. The van der Waals surface area contributed by atoms with Crippen molar-refractivity contribution in [3.8, 4) is 0 Å². The third kappa shape index (κ3) is 3.08. The van der Waals surface area contributed by atoms with E-state index in [2.05, 4.69) is 75.0 Å². The molecule has 3 rings (SSSR count). The summed E-state index contributed by atoms with van der Waals surface area (Å²) in [6.07, 6.45) is 6.76. The fourth-order valence-electron chi connectivity index (χ4n) is 4.98. The highest BCUT2D eigenvalue weighted by atomic mass is 15.2. The van der Waals surface area contributed by atoms with Gasteiger partial charge in [-0.1, -0.05) is 30.3 Å². The molecule has 1 atom stereocenters. The number of nitrogens with zero attached hydrogens (tertiary/aromatic N) is 2. The summed E-state index contributed by atoms with van der Waals surface area (Å²) in [5, 5.41) is 0. The quantitative estimate of drug-likeness (QED) is 0.792. The van der Waals surface area contributed by atoms with Gasteiger partial charge < -0.3 is 0 Å². The maximum Gasteiger partial charge on any atom is 0.0460 e. The second-order valence-corrected chi connectivity index (χ2v) is 9.13. The second-order valence-electron chi connectivity index (χ2n) is 9.13. The standard InChI is InChI=1S/C21H34N2/c1-19(2,3)23-15-13-20(14-16-23)11-12-21(17-20,22(4)5)18-9-7-6-8-10-18/h6-10H,11-17H2,1-5H3. The number of likely N-dealkylation sites (tertiary alicyclic amines) is 1. The zero-order valence-electron chi connectivity index (χ0n) is 15.7. The molecule has 2 heteroatoms. The Morgan fingerprint density at radius 2 is 1.52 bits per heavy atom. The number of piperidine rings is 1. The van der Waals surface area contributed by atoms with E-state index in [9.17, 15) is 0 Å². The van der Waals surface area contributed by atoms with Gasteiger partial charge in [-0.2, -0.15) is 0 Å². The van der Waals surface area contributed by atoms with Gasteiger partial charge in [-0.25, -0.2) is 0 Å². The molecule has 0 radical (unpaired) electrons. The molecule has 1 aromatic rings. The Morgan fingerprint density at radius 3 is 2.04 bits per heavy atom. The SMILES string of the molecule is CN(C)C1(c2ccccc2)CCC2(CCN(C(C)(C)C)CC2)C1. The molecule has 128 valence electrons. The molecule has 1 aromatic carbocycles. The molecule has 23 heavy (non-hydrogen) atoms. The smallest absolute Gasteiger partial charge is 0.0460 e. The zero-order chi connectivity index (χ0) is 16.7. The van der Waals surface area contributed by atoms with Crippen LogP contribution in [0.5, 0.6) is 0 Å². The number of hydrogen-bond donors (Lipinski definition) is 0. The van der Waals surface area contributed by atoms with Crippen LogP contribution < -0.4 is 0 Å². The minimum Gasteiger partial charge on any atom is -0.300 e. The molecule has 2 fully saturated rings. The Balaban J connectivity index is 1.79. The Labute approximate surface area is 142 Å². The Bertz CT molecular complexity index is 521. The lowest BCUT2D eigenvalue weighted by Crippen LogP contribution is -2.49. The minimum absolute atomic E-state index is 0.241. The lowest BCUT2D eigenvalue weighted by Gasteiger charge is -2.47. The van der Waals surface area contributed by atoms with Crippen LogP contribution in [0.1, 0.15) is 58.4 Å². The van der Waals surface area contributed by atoms with Gasteiger partial charge in [-0.15, -0.1) is 0 Å². The van der Waals surface area contributed by atoms with Crippen LogP contribution in [0.15, 0.2) is 30.3 Å². The molecular formula is C21H34N2. The Kier molecular flexibility index (Phi) is 4.35. The maximum atomic E-state index is 2.68. The molecule has 2 aliphatic rings. The van der Waals surface area contributed by atoms with E-state index in [0.29, 0.717) is 11.0 Å². The van der Waals surface area contributed by atoms with Gasteiger partial charge in [-0.05, 0) is 91.0 Å². The number of hydrogen-bond acceptors (Lipinski definition) is 2. The summed E-state index contributed by atoms with van der Waals surface area (Å²) in [5.74, 6) is 0. The topological polar surface area (TPSA) is 6.48 Å². The van der Waals surface area contributed by atoms with Gasteiger partial charge >= 0.3 is 0 Å².